The summed E-state index contributed by atoms with van der Waals surface area (Å²) in [5, 5.41) is 0. The number of ether oxygens (including phenoxy) is 1. The molecule has 0 aromatic rings. The van der Waals surface area contributed by atoms with Crippen molar-refractivity contribution in [2.24, 2.45) is 5.73 Å². The van der Waals surface area contributed by atoms with Crippen LogP contribution in [0.15, 0.2) is 0 Å². The first-order chi connectivity index (χ1) is 8.08. The molecule has 0 radical (unpaired) electrons. The average molecular weight is 243 g/mol. The van der Waals surface area contributed by atoms with Crippen LogP contribution in [-0.2, 0) is 9.53 Å². The Morgan fingerprint density at radius 1 is 1.53 bits per heavy atom. The Kier molecular flexibility index (Phi) is 5.88. The Labute approximate surface area is 104 Å². The third kappa shape index (κ3) is 4.26. The molecule has 5 heteroatoms. The van der Waals surface area contributed by atoms with Crippen molar-refractivity contribution >= 4 is 5.97 Å². The van der Waals surface area contributed by atoms with E-state index in [0.29, 0.717) is 12.6 Å². The number of carbonyl (C=O) groups excluding carboxylic acids is 1. The lowest BCUT2D eigenvalue weighted by Gasteiger charge is -2.36. The molecule has 5 nitrogen and oxygen atoms in total. The van der Waals surface area contributed by atoms with Crippen LogP contribution in [0.4, 0.5) is 0 Å². The van der Waals surface area contributed by atoms with Crippen molar-refractivity contribution in [1.29, 1.82) is 0 Å². The third-order valence-corrected chi connectivity index (χ3v) is 3.62. The molecule has 0 amide bonds. The number of piperidine rings is 1. The van der Waals surface area contributed by atoms with E-state index < -0.39 is 6.04 Å². The van der Waals surface area contributed by atoms with Crippen molar-refractivity contribution in [3.63, 3.8) is 0 Å². The number of rotatable bonds is 5. The number of methoxy groups -OCH3 is 1. The van der Waals surface area contributed by atoms with Gasteiger partial charge in [0, 0.05) is 12.6 Å². The molecular weight excluding hydrogens is 218 g/mol. The van der Waals surface area contributed by atoms with Gasteiger partial charge in [0.1, 0.15) is 6.04 Å². The van der Waals surface area contributed by atoms with Crippen LogP contribution in [0.25, 0.3) is 0 Å². The van der Waals surface area contributed by atoms with Crippen molar-refractivity contribution in [2.75, 3.05) is 40.3 Å². The lowest BCUT2D eigenvalue weighted by molar-refractivity contribution is -0.142. The van der Waals surface area contributed by atoms with Crippen molar-refractivity contribution < 1.29 is 9.53 Å². The van der Waals surface area contributed by atoms with Crippen LogP contribution in [0.1, 0.15) is 19.8 Å². The predicted molar refractivity (Wildman–Crippen MR) is 67.8 cm³/mol. The maximum Gasteiger partial charge on any atom is 0.323 e. The molecule has 100 valence electrons. The molecular formula is C12H25N3O2. The standard InChI is InChI=1S/C12H25N3O2/c1-4-15-7-5-10(6-8-15)14(2)9-11(13)12(16)17-3/h10-11H,4-9,13H2,1-3H3. The van der Waals surface area contributed by atoms with Crippen LogP contribution >= 0.6 is 0 Å². The summed E-state index contributed by atoms with van der Waals surface area (Å²) in [6.07, 6.45) is 2.30. The molecule has 0 saturated carbocycles. The summed E-state index contributed by atoms with van der Waals surface area (Å²) in [5.74, 6) is -0.331. The van der Waals surface area contributed by atoms with E-state index in [1.807, 2.05) is 7.05 Å². The monoisotopic (exact) mass is 243 g/mol. The Balaban J connectivity index is 2.33. The van der Waals surface area contributed by atoms with E-state index in [4.69, 9.17) is 5.73 Å². The molecule has 0 aromatic carbocycles. The smallest absolute Gasteiger partial charge is 0.323 e. The first kappa shape index (κ1) is 14.4. The van der Waals surface area contributed by atoms with Gasteiger partial charge >= 0.3 is 5.97 Å². The second-order valence-electron chi connectivity index (χ2n) is 4.73. The maximum atomic E-state index is 11.2. The molecule has 1 unspecified atom stereocenters. The Morgan fingerprint density at radius 3 is 2.59 bits per heavy atom. The Morgan fingerprint density at radius 2 is 2.12 bits per heavy atom. The zero-order chi connectivity index (χ0) is 12.8. The van der Waals surface area contributed by atoms with Crippen LogP contribution in [0, 0.1) is 0 Å². The van der Waals surface area contributed by atoms with Gasteiger partial charge in [-0.05, 0) is 39.5 Å². The van der Waals surface area contributed by atoms with Gasteiger partial charge in [-0.15, -0.1) is 0 Å². The minimum absolute atomic E-state index is 0.331. The highest BCUT2D eigenvalue weighted by Crippen LogP contribution is 2.15. The van der Waals surface area contributed by atoms with Gasteiger partial charge in [-0.1, -0.05) is 6.92 Å². The van der Waals surface area contributed by atoms with E-state index in [9.17, 15) is 4.79 Å². The number of hydrogen-bond acceptors (Lipinski definition) is 5. The molecule has 1 saturated heterocycles. The van der Waals surface area contributed by atoms with Gasteiger partial charge in [0.2, 0.25) is 0 Å². The molecule has 2 N–H and O–H groups in total. The number of carbonyl (C=O) groups is 1. The van der Waals surface area contributed by atoms with Gasteiger partial charge in [0.05, 0.1) is 7.11 Å². The molecule has 0 aliphatic carbocycles. The number of hydrogen-bond donors (Lipinski definition) is 1. The molecule has 0 aromatic heterocycles. The van der Waals surface area contributed by atoms with Gasteiger partial charge in [-0.2, -0.15) is 0 Å². The van der Waals surface area contributed by atoms with E-state index in [0.717, 1.165) is 32.5 Å². The predicted octanol–water partition coefficient (Wildman–Crippen LogP) is -0.0972. The second-order valence-corrected chi connectivity index (χ2v) is 4.73. The minimum atomic E-state index is -0.533. The summed E-state index contributed by atoms with van der Waals surface area (Å²) in [4.78, 5) is 15.9. The average Bonchev–Trinajstić information content (AvgIpc) is 2.37. The summed E-state index contributed by atoms with van der Waals surface area (Å²) >= 11 is 0. The second kappa shape index (κ2) is 6.93. The van der Waals surface area contributed by atoms with Gasteiger partial charge in [0.25, 0.3) is 0 Å². The third-order valence-electron chi connectivity index (χ3n) is 3.62. The highest BCUT2D eigenvalue weighted by molar-refractivity contribution is 5.75. The fraction of sp³-hybridized carbons (Fsp3) is 0.917. The molecule has 1 heterocycles. The van der Waals surface area contributed by atoms with Crippen LogP contribution in [0.2, 0.25) is 0 Å². The lowest BCUT2D eigenvalue weighted by Crippen LogP contribution is -2.49. The molecule has 1 rings (SSSR count). The summed E-state index contributed by atoms with van der Waals surface area (Å²) in [6.45, 7) is 6.16. The number of likely N-dealkylation sites (tertiary alicyclic amines) is 1. The highest BCUT2D eigenvalue weighted by Gasteiger charge is 2.24. The zero-order valence-corrected chi connectivity index (χ0v) is 11.2. The largest absolute Gasteiger partial charge is 0.468 e. The fourth-order valence-corrected chi connectivity index (χ4v) is 2.36. The van der Waals surface area contributed by atoms with Gasteiger partial charge in [0.15, 0.2) is 0 Å². The van der Waals surface area contributed by atoms with E-state index in [2.05, 4.69) is 21.5 Å². The molecule has 1 aliphatic heterocycles. The Bertz CT molecular complexity index is 240. The SMILES string of the molecule is CCN1CCC(N(C)CC(N)C(=O)OC)CC1. The van der Waals surface area contributed by atoms with Crippen LogP contribution < -0.4 is 5.73 Å². The Hall–Kier alpha value is -0.650. The quantitative estimate of drug-likeness (QED) is 0.684. The van der Waals surface area contributed by atoms with Crippen LogP contribution in [0.5, 0.6) is 0 Å². The van der Waals surface area contributed by atoms with Crippen LogP contribution in [-0.4, -0.2) is 68.2 Å². The van der Waals surface area contributed by atoms with E-state index in [-0.39, 0.29) is 5.97 Å². The van der Waals surface area contributed by atoms with Crippen LogP contribution in [0.3, 0.4) is 0 Å². The number of nitrogens with zero attached hydrogens (tertiary/aromatic N) is 2. The molecule has 1 aliphatic rings. The summed E-state index contributed by atoms with van der Waals surface area (Å²) in [7, 11) is 3.41. The lowest BCUT2D eigenvalue weighted by atomic mass is 10.0. The normalized spacial score (nSPS) is 20.5. The number of likely N-dealkylation sites (N-methyl/N-ethyl adjacent to an activating group) is 1. The molecule has 1 atom stereocenters. The minimum Gasteiger partial charge on any atom is -0.468 e. The molecule has 17 heavy (non-hydrogen) atoms. The van der Waals surface area contributed by atoms with Crippen molar-refractivity contribution in [3.05, 3.63) is 0 Å². The van der Waals surface area contributed by atoms with Crippen molar-refractivity contribution in [1.82, 2.24) is 9.80 Å². The molecule has 0 spiro atoms. The van der Waals surface area contributed by atoms with Gasteiger partial charge in [-0.25, -0.2) is 0 Å². The zero-order valence-electron chi connectivity index (χ0n) is 11.2. The van der Waals surface area contributed by atoms with Gasteiger partial charge < -0.3 is 20.3 Å². The summed E-state index contributed by atoms with van der Waals surface area (Å²) in [5.41, 5.74) is 5.76. The highest BCUT2D eigenvalue weighted by atomic mass is 16.5. The topological polar surface area (TPSA) is 58.8 Å². The fourth-order valence-electron chi connectivity index (χ4n) is 2.36. The summed E-state index contributed by atoms with van der Waals surface area (Å²) in [6, 6.07) is 0.00251. The molecule has 1 fully saturated rings. The maximum absolute atomic E-state index is 11.2. The van der Waals surface area contributed by atoms with E-state index in [1.165, 1.54) is 7.11 Å². The van der Waals surface area contributed by atoms with E-state index in [1.54, 1.807) is 0 Å². The number of nitrogens with two attached hydrogens (primary N) is 1. The van der Waals surface area contributed by atoms with Crippen molar-refractivity contribution in [2.45, 2.75) is 31.8 Å². The van der Waals surface area contributed by atoms with E-state index >= 15 is 0 Å². The summed E-state index contributed by atoms with van der Waals surface area (Å²) < 4.78 is 4.64. The van der Waals surface area contributed by atoms with Crippen molar-refractivity contribution in [3.8, 4) is 0 Å². The first-order valence-corrected chi connectivity index (χ1v) is 6.34. The van der Waals surface area contributed by atoms with Gasteiger partial charge in [-0.3, -0.25) is 4.79 Å². The first-order valence-electron chi connectivity index (χ1n) is 6.34. The molecule has 0 bridgehead atoms. The number of esters is 1.